The molecular formula is C60H39N3O2S. The summed E-state index contributed by atoms with van der Waals surface area (Å²) in [6.45, 7) is 0. The molecule has 10 aromatic carbocycles. The highest BCUT2D eigenvalue weighted by molar-refractivity contribution is 7.26. The summed E-state index contributed by atoms with van der Waals surface area (Å²) < 4.78 is 16.0. The van der Waals surface area contributed by atoms with E-state index in [-0.39, 0.29) is 0 Å². The molecule has 0 radical (unpaired) electrons. The van der Waals surface area contributed by atoms with E-state index in [9.17, 15) is 0 Å². The molecule has 312 valence electrons. The molecule has 3 aromatic heterocycles. The molecule has 0 spiro atoms. The standard InChI is InChI=1S/C60H39N3O2S/c1-5-19-40(20-6-1)61(41-21-7-2-8-22-41)44-35-36-56-50(37-44)58-53(63(43-25-11-4-12-26-43)52-32-18-30-49-47-28-14-16-34-55(47)65-60(49)52)38-45(39-57(58)66-56)62(42-23-9-3-10-24-42)51-31-17-29-48-46-27-13-15-33-54(46)64-59(48)51/h1-39H. The zero-order chi connectivity index (χ0) is 43.6. The lowest BCUT2D eigenvalue weighted by Crippen LogP contribution is -2.14. The van der Waals surface area contributed by atoms with Gasteiger partial charge in [-0.05, 0) is 103 Å². The average Bonchev–Trinajstić information content (AvgIpc) is 4.08. The zero-order valence-corrected chi connectivity index (χ0v) is 36.4. The number of rotatable bonds is 9. The molecule has 0 aliphatic heterocycles. The zero-order valence-electron chi connectivity index (χ0n) is 35.6. The second-order valence-corrected chi connectivity index (χ2v) is 17.6. The largest absolute Gasteiger partial charge is 0.454 e. The van der Waals surface area contributed by atoms with Crippen LogP contribution in [0.15, 0.2) is 245 Å². The smallest absolute Gasteiger partial charge is 0.159 e. The van der Waals surface area contributed by atoms with Crippen LogP contribution in [0.5, 0.6) is 0 Å². The number of para-hydroxylation sites is 8. The van der Waals surface area contributed by atoms with Crippen molar-refractivity contribution in [3.8, 4) is 0 Å². The highest BCUT2D eigenvalue weighted by atomic mass is 32.1. The highest BCUT2D eigenvalue weighted by Crippen LogP contribution is 2.52. The fraction of sp³-hybridized carbons (Fsp3) is 0. The molecule has 0 aliphatic rings. The Bertz CT molecular complexity index is 3860. The van der Waals surface area contributed by atoms with Crippen molar-refractivity contribution in [2.75, 3.05) is 14.7 Å². The summed E-state index contributed by atoms with van der Waals surface area (Å²) in [5, 5.41) is 6.63. The Kier molecular flexibility index (Phi) is 8.96. The molecule has 0 amide bonds. The van der Waals surface area contributed by atoms with E-state index in [0.717, 1.165) is 111 Å². The molecule has 66 heavy (non-hydrogen) atoms. The molecule has 0 saturated heterocycles. The number of nitrogens with zero attached hydrogens (tertiary/aromatic N) is 3. The van der Waals surface area contributed by atoms with Crippen molar-refractivity contribution in [1.29, 1.82) is 0 Å². The van der Waals surface area contributed by atoms with E-state index in [1.54, 1.807) is 0 Å². The lowest BCUT2D eigenvalue weighted by Gasteiger charge is -2.30. The van der Waals surface area contributed by atoms with Gasteiger partial charge in [0.1, 0.15) is 11.2 Å². The van der Waals surface area contributed by atoms with Gasteiger partial charge in [-0.3, -0.25) is 0 Å². The van der Waals surface area contributed by atoms with Crippen LogP contribution in [0.2, 0.25) is 0 Å². The summed E-state index contributed by atoms with van der Waals surface area (Å²) in [6, 6.07) is 83.8. The van der Waals surface area contributed by atoms with Crippen molar-refractivity contribution in [3.05, 3.63) is 237 Å². The van der Waals surface area contributed by atoms with Gasteiger partial charge in [-0.15, -0.1) is 11.3 Å². The van der Waals surface area contributed by atoms with E-state index in [1.165, 1.54) is 4.70 Å². The molecule has 0 unspecified atom stereocenters. The minimum Gasteiger partial charge on any atom is -0.454 e. The van der Waals surface area contributed by atoms with Crippen molar-refractivity contribution in [2.24, 2.45) is 0 Å². The van der Waals surface area contributed by atoms with Crippen LogP contribution in [0.1, 0.15) is 0 Å². The Morgan fingerprint density at radius 2 is 0.727 bits per heavy atom. The highest BCUT2D eigenvalue weighted by Gasteiger charge is 2.27. The summed E-state index contributed by atoms with van der Waals surface area (Å²) in [5.74, 6) is 0. The Hall–Kier alpha value is -8.58. The van der Waals surface area contributed by atoms with E-state index in [4.69, 9.17) is 8.83 Å². The maximum Gasteiger partial charge on any atom is 0.159 e. The second-order valence-electron chi connectivity index (χ2n) is 16.5. The van der Waals surface area contributed by atoms with Crippen LogP contribution in [-0.2, 0) is 0 Å². The first-order valence-electron chi connectivity index (χ1n) is 22.2. The van der Waals surface area contributed by atoms with Crippen LogP contribution in [0.4, 0.5) is 51.2 Å². The summed E-state index contributed by atoms with van der Waals surface area (Å²) in [5.41, 5.74) is 12.6. The van der Waals surface area contributed by atoms with E-state index in [2.05, 4.69) is 239 Å². The molecular weight excluding hydrogens is 827 g/mol. The van der Waals surface area contributed by atoms with Gasteiger partial charge in [-0.2, -0.15) is 0 Å². The van der Waals surface area contributed by atoms with Gasteiger partial charge in [0.05, 0.1) is 17.1 Å². The number of hydrogen-bond donors (Lipinski definition) is 0. The van der Waals surface area contributed by atoms with Crippen molar-refractivity contribution in [1.82, 2.24) is 0 Å². The van der Waals surface area contributed by atoms with Gasteiger partial charge in [0.15, 0.2) is 11.2 Å². The second kappa shape index (κ2) is 15.6. The maximum absolute atomic E-state index is 6.86. The lowest BCUT2D eigenvalue weighted by molar-refractivity contribution is 0.669. The van der Waals surface area contributed by atoms with Crippen LogP contribution < -0.4 is 14.7 Å². The third kappa shape index (κ3) is 6.22. The Morgan fingerprint density at radius 1 is 0.273 bits per heavy atom. The van der Waals surface area contributed by atoms with E-state index >= 15 is 0 Å². The Labute approximate surface area is 384 Å². The van der Waals surface area contributed by atoms with Gasteiger partial charge in [-0.25, -0.2) is 0 Å². The van der Waals surface area contributed by atoms with Gasteiger partial charge in [0.2, 0.25) is 0 Å². The van der Waals surface area contributed by atoms with Gasteiger partial charge in [0.25, 0.3) is 0 Å². The van der Waals surface area contributed by atoms with Gasteiger partial charge >= 0.3 is 0 Å². The number of furan rings is 2. The van der Waals surface area contributed by atoms with E-state index < -0.39 is 0 Å². The molecule has 13 aromatic rings. The Balaban J connectivity index is 1.14. The topological polar surface area (TPSA) is 36.0 Å². The van der Waals surface area contributed by atoms with Crippen LogP contribution >= 0.6 is 11.3 Å². The third-order valence-corrected chi connectivity index (χ3v) is 13.7. The summed E-state index contributed by atoms with van der Waals surface area (Å²) >= 11 is 1.81. The molecule has 0 N–H and O–H groups in total. The van der Waals surface area contributed by atoms with Gasteiger partial charge in [-0.1, -0.05) is 133 Å². The first-order valence-corrected chi connectivity index (χ1v) is 23.0. The van der Waals surface area contributed by atoms with Crippen LogP contribution in [0.25, 0.3) is 64.0 Å². The summed E-state index contributed by atoms with van der Waals surface area (Å²) in [7, 11) is 0. The Morgan fingerprint density at radius 3 is 1.27 bits per heavy atom. The fourth-order valence-electron chi connectivity index (χ4n) is 9.71. The molecule has 0 atom stereocenters. The van der Waals surface area contributed by atoms with Crippen molar-refractivity contribution in [3.63, 3.8) is 0 Å². The number of anilines is 9. The van der Waals surface area contributed by atoms with Gasteiger partial charge < -0.3 is 23.5 Å². The quantitative estimate of drug-likeness (QED) is 0.144. The molecule has 6 heteroatoms. The number of hydrogen-bond acceptors (Lipinski definition) is 6. The SMILES string of the molecule is c1ccc(N(c2ccccc2)c2ccc3sc4cc(N(c5ccccc5)c5cccc6c5oc5ccccc56)cc(N(c5ccccc5)c5cccc6c5oc5ccccc56)c4c3c2)cc1. The minimum absolute atomic E-state index is 0.826. The normalized spacial score (nSPS) is 11.6. The van der Waals surface area contributed by atoms with Crippen LogP contribution in [0, 0.1) is 0 Å². The lowest BCUT2D eigenvalue weighted by atomic mass is 10.0. The molecule has 0 saturated carbocycles. The summed E-state index contributed by atoms with van der Waals surface area (Å²) in [4.78, 5) is 7.08. The number of thiophene rings is 1. The predicted molar refractivity (Wildman–Crippen MR) is 278 cm³/mol. The van der Waals surface area contributed by atoms with Gasteiger partial charge in [0, 0.05) is 75.8 Å². The number of benzene rings is 10. The van der Waals surface area contributed by atoms with Crippen LogP contribution in [-0.4, -0.2) is 0 Å². The van der Waals surface area contributed by atoms with E-state index in [0.29, 0.717) is 0 Å². The predicted octanol–water partition coefficient (Wildman–Crippen LogP) is 18.3. The monoisotopic (exact) mass is 865 g/mol. The molecule has 0 aliphatic carbocycles. The summed E-state index contributed by atoms with van der Waals surface area (Å²) in [6.07, 6.45) is 0. The molecule has 0 fully saturated rings. The average molecular weight is 866 g/mol. The maximum atomic E-state index is 6.86. The molecule has 13 rings (SSSR count). The van der Waals surface area contributed by atoms with E-state index in [1.807, 2.05) is 23.5 Å². The first kappa shape index (κ1) is 37.9. The van der Waals surface area contributed by atoms with Crippen molar-refractivity contribution in [2.45, 2.75) is 0 Å². The van der Waals surface area contributed by atoms with Crippen molar-refractivity contribution < 1.29 is 8.83 Å². The molecule has 0 bridgehead atoms. The first-order chi connectivity index (χ1) is 32.7. The third-order valence-electron chi connectivity index (χ3n) is 12.6. The molecule has 5 nitrogen and oxygen atoms in total. The molecule has 3 heterocycles. The fourth-order valence-corrected chi connectivity index (χ4v) is 10.9. The van der Waals surface area contributed by atoms with Crippen molar-refractivity contribution >= 4 is 127 Å². The van der Waals surface area contributed by atoms with Crippen LogP contribution in [0.3, 0.4) is 0 Å². The number of fused-ring (bicyclic) bond motifs is 9. The minimum atomic E-state index is 0.826.